The van der Waals surface area contributed by atoms with Crippen LogP contribution in [0.5, 0.6) is 0 Å². The van der Waals surface area contributed by atoms with Crippen LogP contribution in [0.1, 0.15) is 25.3 Å². The average Bonchev–Trinajstić information content (AvgIpc) is 2.34. The van der Waals surface area contributed by atoms with Gasteiger partial charge >= 0.3 is 0 Å². The highest BCUT2D eigenvalue weighted by Crippen LogP contribution is 2.26. The maximum Gasteiger partial charge on any atom is 0.127 e. The molecule has 100 valence electrons. The Bertz CT molecular complexity index is 401. The number of rotatable bonds is 3. The molecule has 0 saturated carbocycles. The Morgan fingerprint density at radius 2 is 2.00 bits per heavy atom. The number of nitrogens with zero attached hydrogens (tertiary/aromatic N) is 1. The van der Waals surface area contributed by atoms with Crippen LogP contribution < -0.4 is 0 Å². The molecule has 0 spiro atoms. The van der Waals surface area contributed by atoms with Crippen molar-refractivity contribution in [3.05, 3.63) is 35.4 Å². The summed E-state index contributed by atoms with van der Waals surface area (Å²) >= 11 is 3.62. The van der Waals surface area contributed by atoms with Gasteiger partial charge in [-0.05, 0) is 50.0 Å². The second-order valence-corrected chi connectivity index (χ2v) is 6.47. The zero-order chi connectivity index (χ0) is 13.1. The van der Waals surface area contributed by atoms with Gasteiger partial charge in [0.25, 0.3) is 0 Å². The van der Waals surface area contributed by atoms with Gasteiger partial charge in [-0.2, -0.15) is 0 Å². The van der Waals surface area contributed by atoms with Crippen LogP contribution in [0, 0.1) is 17.6 Å². The quantitative estimate of drug-likeness (QED) is 0.763. The lowest BCUT2D eigenvalue weighted by Gasteiger charge is -2.33. The topological polar surface area (TPSA) is 3.24 Å². The van der Waals surface area contributed by atoms with Gasteiger partial charge in [-0.25, -0.2) is 8.78 Å². The zero-order valence-corrected chi connectivity index (χ0v) is 12.1. The number of hydrogen-bond acceptors (Lipinski definition) is 1. The minimum atomic E-state index is -0.365. The molecule has 0 bridgehead atoms. The first-order chi connectivity index (χ1) is 8.56. The predicted octanol–water partition coefficient (Wildman–Crippen LogP) is 3.96. The molecule has 0 aromatic heterocycles. The second-order valence-electron chi connectivity index (χ2n) is 5.03. The van der Waals surface area contributed by atoms with E-state index in [9.17, 15) is 8.78 Å². The van der Waals surface area contributed by atoms with Crippen LogP contribution in [0.3, 0.4) is 0 Å². The van der Waals surface area contributed by atoms with Gasteiger partial charge in [0.1, 0.15) is 11.6 Å². The van der Waals surface area contributed by atoms with Crippen LogP contribution in [0.4, 0.5) is 8.78 Å². The number of benzene rings is 1. The van der Waals surface area contributed by atoms with Gasteiger partial charge in [0, 0.05) is 16.9 Å². The van der Waals surface area contributed by atoms with Gasteiger partial charge in [0.15, 0.2) is 0 Å². The molecule has 1 heterocycles. The molecule has 18 heavy (non-hydrogen) atoms. The van der Waals surface area contributed by atoms with Gasteiger partial charge in [-0.15, -0.1) is 0 Å². The maximum absolute atomic E-state index is 13.5. The van der Waals surface area contributed by atoms with Crippen molar-refractivity contribution < 1.29 is 8.78 Å². The number of likely N-dealkylation sites (tertiary alicyclic amines) is 1. The first kappa shape index (κ1) is 13.9. The molecule has 0 N–H and O–H groups in total. The molecule has 1 nitrogen and oxygen atoms in total. The lowest BCUT2D eigenvalue weighted by atomic mass is 9.94. The van der Waals surface area contributed by atoms with Gasteiger partial charge in [-0.1, -0.05) is 22.9 Å². The Labute approximate surface area is 115 Å². The van der Waals surface area contributed by atoms with Crippen LogP contribution >= 0.6 is 15.9 Å². The van der Waals surface area contributed by atoms with Crippen molar-refractivity contribution in [3.8, 4) is 0 Å². The first-order valence-corrected chi connectivity index (χ1v) is 7.28. The fourth-order valence-electron chi connectivity index (χ4n) is 2.48. The first-order valence-electron chi connectivity index (χ1n) is 6.36. The Balaban J connectivity index is 1.93. The normalized spacial score (nSPS) is 20.0. The third-order valence-corrected chi connectivity index (χ3v) is 4.43. The molecule has 4 heteroatoms. The summed E-state index contributed by atoms with van der Waals surface area (Å²) in [7, 11) is 0. The molecular formula is C14H18BrF2N. The van der Waals surface area contributed by atoms with Crippen molar-refractivity contribution in [1.29, 1.82) is 0 Å². The number of halogens is 3. The van der Waals surface area contributed by atoms with E-state index in [0.29, 0.717) is 22.9 Å². The number of hydrogen-bond donors (Lipinski definition) is 0. The molecule has 1 aromatic rings. The standard InChI is InChI=1S/C14H18BrF2N/c1-10(15)11-4-6-18(7-5-11)9-12-8-13(16)2-3-14(12)17/h2-3,8,10-11H,4-7,9H2,1H3. The van der Waals surface area contributed by atoms with E-state index in [1.165, 1.54) is 12.1 Å². The lowest BCUT2D eigenvalue weighted by molar-refractivity contribution is 0.176. The van der Waals surface area contributed by atoms with E-state index in [-0.39, 0.29) is 11.6 Å². The maximum atomic E-state index is 13.5. The fourth-order valence-corrected chi connectivity index (χ4v) is 3.00. The van der Waals surface area contributed by atoms with Crippen molar-refractivity contribution in [1.82, 2.24) is 4.90 Å². The predicted molar refractivity (Wildman–Crippen MR) is 72.7 cm³/mol. The molecule has 1 aliphatic heterocycles. The monoisotopic (exact) mass is 317 g/mol. The summed E-state index contributed by atoms with van der Waals surface area (Å²) in [6, 6.07) is 3.67. The van der Waals surface area contributed by atoms with Crippen molar-refractivity contribution in [2.75, 3.05) is 13.1 Å². The number of alkyl halides is 1. The molecule has 1 fully saturated rings. The molecule has 1 atom stereocenters. The second kappa shape index (κ2) is 6.11. The summed E-state index contributed by atoms with van der Waals surface area (Å²) in [6.07, 6.45) is 2.23. The van der Waals surface area contributed by atoms with Crippen molar-refractivity contribution in [3.63, 3.8) is 0 Å². The van der Waals surface area contributed by atoms with Crippen molar-refractivity contribution in [2.45, 2.75) is 31.1 Å². The molecule has 1 aliphatic rings. The van der Waals surface area contributed by atoms with E-state index in [4.69, 9.17) is 0 Å². The van der Waals surface area contributed by atoms with E-state index < -0.39 is 0 Å². The Hall–Kier alpha value is -0.480. The van der Waals surface area contributed by atoms with Crippen molar-refractivity contribution >= 4 is 15.9 Å². The van der Waals surface area contributed by atoms with Crippen LogP contribution in [0.2, 0.25) is 0 Å². The molecule has 1 aromatic carbocycles. The molecule has 0 radical (unpaired) electrons. The third kappa shape index (κ3) is 3.51. The Morgan fingerprint density at radius 3 is 2.61 bits per heavy atom. The van der Waals surface area contributed by atoms with Gasteiger partial charge < -0.3 is 0 Å². The largest absolute Gasteiger partial charge is 0.299 e. The van der Waals surface area contributed by atoms with E-state index in [1.807, 2.05) is 0 Å². The molecule has 0 amide bonds. The molecule has 1 saturated heterocycles. The van der Waals surface area contributed by atoms with Crippen LogP contribution in [-0.2, 0) is 6.54 Å². The SMILES string of the molecule is CC(Br)C1CCN(Cc2cc(F)ccc2F)CC1. The molecule has 0 aliphatic carbocycles. The summed E-state index contributed by atoms with van der Waals surface area (Å²) in [5.74, 6) is 0.0151. The van der Waals surface area contributed by atoms with Crippen LogP contribution in [0.15, 0.2) is 18.2 Å². The minimum Gasteiger partial charge on any atom is -0.299 e. The van der Waals surface area contributed by atoms with Gasteiger partial charge in [0.05, 0.1) is 0 Å². The summed E-state index contributed by atoms with van der Waals surface area (Å²) in [5.41, 5.74) is 0.459. The van der Waals surface area contributed by atoms with Gasteiger partial charge in [-0.3, -0.25) is 4.90 Å². The lowest BCUT2D eigenvalue weighted by Crippen LogP contribution is -2.35. The molecule has 2 rings (SSSR count). The highest BCUT2D eigenvalue weighted by atomic mass is 79.9. The van der Waals surface area contributed by atoms with Gasteiger partial charge in [0.2, 0.25) is 0 Å². The highest BCUT2D eigenvalue weighted by Gasteiger charge is 2.22. The molecule has 1 unspecified atom stereocenters. The van der Waals surface area contributed by atoms with Crippen LogP contribution in [-0.4, -0.2) is 22.8 Å². The van der Waals surface area contributed by atoms with E-state index in [0.717, 1.165) is 32.0 Å². The molecular weight excluding hydrogens is 300 g/mol. The Morgan fingerprint density at radius 1 is 1.33 bits per heavy atom. The average molecular weight is 318 g/mol. The van der Waals surface area contributed by atoms with Crippen LogP contribution in [0.25, 0.3) is 0 Å². The van der Waals surface area contributed by atoms with E-state index in [1.54, 1.807) is 0 Å². The van der Waals surface area contributed by atoms with Crippen molar-refractivity contribution in [2.24, 2.45) is 5.92 Å². The third-order valence-electron chi connectivity index (χ3n) is 3.68. The Kier molecular flexibility index (Phi) is 4.73. The highest BCUT2D eigenvalue weighted by molar-refractivity contribution is 9.09. The number of piperidine rings is 1. The minimum absolute atomic E-state index is 0.313. The van der Waals surface area contributed by atoms with E-state index in [2.05, 4.69) is 27.8 Å². The smallest absolute Gasteiger partial charge is 0.127 e. The zero-order valence-electron chi connectivity index (χ0n) is 10.5. The van der Waals surface area contributed by atoms with E-state index >= 15 is 0 Å². The summed E-state index contributed by atoms with van der Waals surface area (Å²) in [5, 5.41) is 0. The summed E-state index contributed by atoms with van der Waals surface area (Å²) in [4.78, 5) is 2.73. The summed E-state index contributed by atoms with van der Waals surface area (Å²) < 4.78 is 26.6. The summed E-state index contributed by atoms with van der Waals surface area (Å²) in [6.45, 7) is 4.59. The fraction of sp³-hybridized carbons (Fsp3) is 0.571.